The van der Waals surface area contributed by atoms with Crippen molar-refractivity contribution in [2.45, 2.75) is 31.3 Å². The average Bonchev–Trinajstić information content (AvgIpc) is 2.85. The second-order valence-corrected chi connectivity index (χ2v) is 5.18. The van der Waals surface area contributed by atoms with Gasteiger partial charge < -0.3 is 5.11 Å². The second kappa shape index (κ2) is 5.55. The molecule has 2 N–H and O–H groups in total. The predicted octanol–water partition coefficient (Wildman–Crippen LogP) is 3.78. The molecule has 0 aliphatic carbocycles. The van der Waals surface area contributed by atoms with Crippen LogP contribution in [-0.2, 0) is 6.42 Å². The molecule has 2 aromatic rings. The maximum Gasteiger partial charge on any atom is 0.426 e. The largest absolute Gasteiger partial charge is 0.426 e. The van der Waals surface area contributed by atoms with Crippen molar-refractivity contribution in [3.8, 4) is 11.3 Å². The van der Waals surface area contributed by atoms with E-state index in [1.54, 1.807) is 24.3 Å². The maximum atomic E-state index is 12.7. The lowest BCUT2D eigenvalue weighted by Crippen LogP contribution is -2.58. The van der Waals surface area contributed by atoms with Gasteiger partial charge in [0.1, 0.15) is 0 Å². The number of halogens is 6. The lowest BCUT2D eigenvalue weighted by atomic mass is 9.95. The highest BCUT2D eigenvalue weighted by Gasteiger charge is 2.70. The summed E-state index contributed by atoms with van der Waals surface area (Å²) in [4.78, 5) is 0. The van der Waals surface area contributed by atoms with E-state index in [0.29, 0.717) is 5.56 Å². The Morgan fingerprint density at radius 1 is 1.00 bits per heavy atom. The molecule has 1 aromatic carbocycles. The van der Waals surface area contributed by atoms with Gasteiger partial charge in [-0.25, -0.2) is 0 Å². The number of hydrogen-bond donors (Lipinski definition) is 2. The molecule has 1 heterocycles. The van der Waals surface area contributed by atoms with E-state index < -0.39 is 30.1 Å². The number of aromatic amines is 1. The molecule has 1 aromatic heterocycles. The summed E-state index contributed by atoms with van der Waals surface area (Å²) in [6.45, 7) is 1.83. The third-order valence-electron chi connectivity index (χ3n) is 3.36. The van der Waals surface area contributed by atoms with Gasteiger partial charge >= 0.3 is 12.4 Å². The van der Waals surface area contributed by atoms with Crippen molar-refractivity contribution >= 4 is 0 Å². The van der Waals surface area contributed by atoms with Crippen molar-refractivity contribution in [3.63, 3.8) is 0 Å². The molecule has 0 aliphatic rings. The summed E-state index contributed by atoms with van der Waals surface area (Å²) < 4.78 is 75.9. The summed E-state index contributed by atoms with van der Waals surface area (Å²) in [5.41, 5.74) is -3.66. The van der Waals surface area contributed by atoms with E-state index in [1.807, 2.05) is 6.92 Å². The van der Waals surface area contributed by atoms with Crippen LogP contribution in [0, 0.1) is 6.92 Å². The Labute approximate surface area is 126 Å². The Hall–Kier alpha value is -2.03. The topological polar surface area (TPSA) is 48.9 Å². The predicted molar refractivity (Wildman–Crippen MR) is 69.5 cm³/mol. The van der Waals surface area contributed by atoms with E-state index >= 15 is 0 Å². The first-order chi connectivity index (χ1) is 10.4. The Bertz CT molecular complexity index is 658. The summed E-state index contributed by atoms with van der Waals surface area (Å²) in [5.74, 6) is 0. The number of aliphatic hydroxyl groups is 1. The van der Waals surface area contributed by atoms with Crippen LogP contribution < -0.4 is 0 Å². The standard InChI is InChI=1S/C14H12F6N2O/c1-8-2-4-9(5-3-8)11-6-10(21-22-11)7-12(23,13(15,16)17)14(18,19)20/h2-6,23H,7H2,1H3,(H,21,22). The Balaban J connectivity index is 2.31. The smallest absolute Gasteiger partial charge is 0.373 e. The van der Waals surface area contributed by atoms with Crippen molar-refractivity contribution in [1.82, 2.24) is 10.2 Å². The average molecular weight is 338 g/mol. The number of hydrogen-bond acceptors (Lipinski definition) is 2. The molecule has 0 spiro atoms. The first-order valence-electron chi connectivity index (χ1n) is 6.41. The monoisotopic (exact) mass is 338 g/mol. The van der Waals surface area contributed by atoms with Gasteiger partial charge in [0.15, 0.2) is 0 Å². The fourth-order valence-electron chi connectivity index (χ4n) is 1.96. The van der Waals surface area contributed by atoms with Gasteiger partial charge in [0.2, 0.25) is 0 Å². The Morgan fingerprint density at radius 2 is 1.52 bits per heavy atom. The summed E-state index contributed by atoms with van der Waals surface area (Å²) in [6.07, 6.45) is -13.4. The molecule has 0 bridgehead atoms. The molecule has 0 amide bonds. The summed E-state index contributed by atoms with van der Waals surface area (Å²) in [5, 5.41) is 15.0. The molecule has 126 valence electrons. The van der Waals surface area contributed by atoms with Crippen LogP contribution in [-0.4, -0.2) is 33.3 Å². The fourth-order valence-corrected chi connectivity index (χ4v) is 1.96. The van der Waals surface area contributed by atoms with Gasteiger partial charge in [0, 0.05) is 17.7 Å². The van der Waals surface area contributed by atoms with Crippen LogP contribution in [0.15, 0.2) is 30.3 Å². The molecule has 9 heteroatoms. The van der Waals surface area contributed by atoms with E-state index in [4.69, 9.17) is 5.11 Å². The maximum absolute atomic E-state index is 12.7. The second-order valence-electron chi connectivity index (χ2n) is 5.18. The molecule has 0 unspecified atom stereocenters. The van der Waals surface area contributed by atoms with Gasteiger partial charge in [-0.1, -0.05) is 29.8 Å². The first kappa shape index (κ1) is 17.3. The highest BCUT2D eigenvalue weighted by Crippen LogP contribution is 2.45. The van der Waals surface area contributed by atoms with Crippen molar-refractivity contribution < 1.29 is 31.4 Å². The summed E-state index contributed by atoms with van der Waals surface area (Å²) >= 11 is 0. The Morgan fingerprint density at radius 3 is 2.00 bits per heavy atom. The minimum atomic E-state index is -5.86. The lowest BCUT2D eigenvalue weighted by Gasteiger charge is -2.31. The third kappa shape index (κ3) is 3.34. The van der Waals surface area contributed by atoms with E-state index in [1.165, 1.54) is 0 Å². The minimum absolute atomic E-state index is 0.187. The number of benzene rings is 1. The van der Waals surface area contributed by atoms with Gasteiger partial charge in [-0.05, 0) is 13.0 Å². The number of rotatable bonds is 3. The molecule has 23 heavy (non-hydrogen) atoms. The number of H-pyrrole nitrogens is 1. The van der Waals surface area contributed by atoms with Crippen molar-refractivity contribution in [3.05, 3.63) is 41.6 Å². The molecule has 2 rings (SSSR count). The molecule has 0 fully saturated rings. The molecule has 0 saturated carbocycles. The molecular formula is C14H12F6N2O. The number of aromatic nitrogens is 2. The van der Waals surface area contributed by atoms with Gasteiger partial charge in [0.25, 0.3) is 5.60 Å². The Kier molecular flexibility index (Phi) is 4.18. The van der Waals surface area contributed by atoms with E-state index in [0.717, 1.165) is 11.6 Å². The van der Waals surface area contributed by atoms with Gasteiger partial charge in [-0.2, -0.15) is 31.4 Å². The highest BCUT2D eigenvalue weighted by molar-refractivity contribution is 5.59. The molecule has 0 aliphatic heterocycles. The number of nitrogens with one attached hydrogen (secondary N) is 1. The van der Waals surface area contributed by atoms with E-state index in [9.17, 15) is 26.3 Å². The van der Waals surface area contributed by atoms with E-state index in [-0.39, 0.29) is 5.69 Å². The highest BCUT2D eigenvalue weighted by atomic mass is 19.4. The van der Waals surface area contributed by atoms with Crippen molar-refractivity contribution in [2.24, 2.45) is 0 Å². The van der Waals surface area contributed by atoms with Crippen LogP contribution in [0.25, 0.3) is 11.3 Å². The molecule has 0 saturated heterocycles. The summed E-state index contributed by atoms with van der Waals surface area (Å²) in [7, 11) is 0. The van der Waals surface area contributed by atoms with Crippen molar-refractivity contribution in [2.75, 3.05) is 0 Å². The minimum Gasteiger partial charge on any atom is -0.373 e. The SMILES string of the molecule is Cc1ccc(-c2cc(CC(O)(C(F)(F)F)C(F)(F)F)[nH]n2)cc1. The van der Waals surface area contributed by atoms with Gasteiger partial charge in [-0.15, -0.1) is 0 Å². The molecule has 0 atom stereocenters. The summed E-state index contributed by atoms with van der Waals surface area (Å²) in [6, 6.07) is 7.77. The normalized spacial score (nSPS) is 13.4. The van der Waals surface area contributed by atoms with Gasteiger partial charge in [0.05, 0.1) is 5.69 Å². The molecule has 3 nitrogen and oxygen atoms in total. The zero-order valence-corrected chi connectivity index (χ0v) is 11.8. The third-order valence-corrected chi connectivity index (χ3v) is 3.36. The van der Waals surface area contributed by atoms with Gasteiger partial charge in [-0.3, -0.25) is 5.10 Å². The van der Waals surface area contributed by atoms with Crippen LogP contribution in [0.4, 0.5) is 26.3 Å². The fraction of sp³-hybridized carbons (Fsp3) is 0.357. The lowest BCUT2D eigenvalue weighted by molar-refractivity contribution is -0.367. The van der Waals surface area contributed by atoms with Crippen LogP contribution >= 0.6 is 0 Å². The number of aryl methyl sites for hydroxylation is 1. The quantitative estimate of drug-likeness (QED) is 0.837. The number of nitrogens with zero attached hydrogens (tertiary/aromatic N) is 1. The molecule has 0 radical (unpaired) electrons. The molecular weight excluding hydrogens is 326 g/mol. The van der Waals surface area contributed by atoms with Crippen LogP contribution in [0.3, 0.4) is 0 Å². The zero-order chi connectivity index (χ0) is 17.5. The van der Waals surface area contributed by atoms with Crippen molar-refractivity contribution in [1.29, 1.82) is 0 Å². The van der Waals surface area contributed by atoms with E-state index in [2.05, 4.69) is 10.2 Å². The van der Waals surface area contributed by atoms with Crippen LogP contribution in [0.2, 0.25) is 0 Å². The van der Waals surface area contributed by atoms with Crippen LogP contribution in [0.1, 0.15) is 11.3 Å². The first-order valence-corrected chi connectivity index (χ1v) is 6.41. The zero-order valence-electron chi connectivity index (χ0n) is 11.8. The number of alkyl halides is 6. The van der Waals surface area contributed by atoms with Crippen LogP contribution in [0.5, 0.6) is 0 Å².